The van der Waals surface area contributed by atoms with Gasteiger partial charge >= 0.3 is 0 Å². The van der Waals surface area contributed by atoms with Crippen molar-refractivity contribution in [3.63, 3.8) is 0 Å². The van der Waals surface area contributed by atoms with Gasteiger partial charge in [-0.15, -0.1) is 0 Å². The van der Waals surface area contributed by atoms with Gasteiger partial charge in [-0.3, -0.25) is 9.59 Å². The molecule has 0 aromatic heterocycles. The average molecular weight is 346 g/mol. The summed E-state index contributed by atoms with van der Waals surface area (Å²) in [5.41, 5.74) is -0.980. The first-order chi connectivity index (χ1) is 12.0. The van der Waals surface area contributed by atoms with Crippen LogP contribution >= 0.6 is 0 Å². The number of benzene rings is 2. The molecule has 2 aromatic carbocycles. The molecule has 0 bridgehead atoms. The molecule has 1 aliphatic rings. The van der Waals surface area contributed by atoms with E-state index in [-0.39, 0.29) is 5.69 Å². The van der Waals surface area contributed by atoms with E-state index in [1.165, 1.54) is 7.11 Å². The molecule has 2 aromatic rings. The van der Waals surface area contributed by atoms with Crippen molar-refractivity contribution in [2.24, 2.45) is 5.41 Å². The number of hydrogen-bond donors (Lipinski definition) is 2. The minimum absolute atomic E-state index is 0.164. The van der Waals surface area contributed by atoms with Crippen LogP contribution in [0.15, 0.2) is 42.5 Å². The Balaban J connectivity index is 1.74. The Morgan fingerprint density at radius 3 is 2.24 bits per heavy atom. The molecule has 0 saturated heterocycles. The van der Waals surface area contributed by atoms with Crippen LogP contribution in [0.25, 0.3) is 0 Å². The maximum atomic E-state index is 13.7. The third-order valence-corrected chi connectivity index (χ3v) is 4.15. The number of methoxy groups -OCH3 is 1. The van der Waals surface area contributed by atoms with E-state index in [2.05, 4.69) is 10.6 Å². The van der Waals surface area contributed by atoms with Gasteiger partial charge in [0, 0.05) is 6.07 Å². The fraction of sp³-hybridized carbons (Fsp3) is 0.222. The predicted octanol–water partition coefficient (Wildman–Crippen LogP) is 3.33. The molecule has 130 valence electrons. The second-order valence-electron chi connectivity index (χ2n) is 5.81. The highest BCUT2D eigenvalue weighted by molar-refractivity contribution is 6.17. The Bertz CT molecular complexity index is 835. The van der Waals surface area contributed by atoms with Crippen LogP contribution in [0.4, 0.5) is 20.2 Å². The summed E-state index contributed by atoms with van der Waals surface area (Å²) < 4.78 is 31.8. The van der Waals surface area contributed by atoms with Gasteiger partial charge in [-0.25, -0.2) is 8.78 Å². The van der Waals surface area contributed by atoms with Crippen molar-refractivity contribution in [3.05, 3.63) is 54.1 Å². The number of hydrogen-bond acceptors (Lipinski definition) is 3. The maximum absolute atomic E-state index is 13.7. The third kappa shape index (κ3) is 3.31. The Morgan fingerprint density at radius 2 is 1.64 bits per heavy atom. The van der Waals surface area contributed by atoms with Crippen molar-refractivity contribution in [2.45, 2.75) is 12.8 Å². The summed E-state index contributed by atoms with van der Waals surface area (Å²) in [6.07, 6.45) is 0.700. The normalized spacial score (nSPS) is 14.5. The van der Waals surface area contributed by atoms with Crippen molar-refractivity contribution < 1.29 is 23.1 Å². The van der Waals surface area contributed by atoms with Gasteiger partial charge in [0.1, 0.15) is 22.8 Å². The molecule has 0 atom stereocenters. The molecule has 0 unspecified atom stereocenters. The summed E-state index contributed by atoms with van der Waals surface area (Å²) in [6.45, 7) is 0. The highest BCUT2D eigenvalue weighted by Crippen LogP contribution is 2.48. The number of carbonyl (C=O) groups excluding carboxylic acids is 2. The van der Waals surface area contributed by atoms with Crippen LogP contribution in [0.1, 0.15) is 12.8 Å². The second-order valence-corrected chi connectivity index (χ2v) is 5.81. The first kappa shape index (κ1) is 16.9. The summed E-state index contributed by atoms with van der Waals surface area (Å²) in [5.74, 6) is -2.28. The molecule has 0 aliphatic heterocycles. The largest absolute Gasteiger partial charge is 0.495 e. The SMILES string of the molecule is COc1ccccc1NC(=O)C1(C(=O)Nc2ccc(F)cc2F)CC1. The molecule has 2 N–H and O–H groups in total. The van der Waals surface area contributed by atoms with Crippen LogP contribution in [0, 0.1) is 17.0 Å². The summed E-state index contributed by atoms with van der Waals surface area (Å²) >= 11 is 0. The zero-order valence-electron chi connectivity index (χ0n) is 13.4. The van der Waals surface area contributed by atoms with Gasteiger partial charge in [-0.05, 0) is 37.1 Å². The van der Waals surface area contributed by atoms with Crippen LogP contribution in [0.5, 0.6) is 5.75 Å². The van der Waals surface area contributed by atoms with E-state index < -0.39 is 28.9 Å². The van der Waals surface area contributed by atoms with Crippen LogP contribution < -0.4 is 15.4 Å². The lowest BCUT2D eigenvalue weighted by Crippen LogP contribution is -2.36. The van der Waals surface area contributed by atoms with Gasteiger partial charge in [-0.1, -0.05) is 12.1 Å². The van der Waals surface area contributed by atoms with Crippen molar-refractivity contribution in [1.82, 2.24) is 0 Å². The Labute approximate surface area is 143 Å². The number of para-hydroxylation sites is 2. The first-order valence-corrected chi connectivity index (χ1v) is 7.67. The zero-order chi connectivity index (χ0) is 18.0. The van der Waals surface area contributed by atoms with Crippen LogP contribution in [0.3, 0.4) is 0 Å². The molecule has 0 heterocycles. The first-order valence-electron chi connectivity index (χ1n) is 7.67. The lowest BCUT2D eigenvalue weighted by atomic mass is 10.0. The lowest BCUT2D eigenvalue weighted by molar-refractivity contribution is -0.131. The quantitative estimate of drug-likeness (QED) is 0.816. The molecule has 1 fully saturated rings. The summed E-state index contributed by atoms with van der Waals surface area (Å²) in [6, 6.07) is 9.65. The molecule has 0 radical (unpaired) electrons. The highest BCUT2D eigenvalue weighted by Gasteiger charge is 2.56. The number of carbonyl (C=O) groups is 2. The Hall–Kier alpha value is -2.96. The average Bonchev–Trinajstić information content (AvgIpc) is 3.40. The van der Waals surface area contributed by atoms with Crippen LogP contribution in [0.2, 0.25) is 0 Å². The smallest absolute Gasteiger partial charge is 0.240 e. The van der Waals surface area contributed by atoms with Crippen LogP contribution in [-0.4, -0.2) is 18.9 Å². The number of anilines is 2. The number of halogens is 2. The minimum atomic E-state index is -1.26. The number of rotatable bonds is 5. The fourth-order valence-corrected chi connectivity index (χ4v) is 2.50. The van der Waals surface area contributed by atoms with Gasteiger partial charge < -0.3 is 15.4 Å². The zero-order valence-corrected chi connectivity index (χ0v) is 13.4. The second kappa shape index (κ2) is 6.51. The fourth-order valence-electron chi connectivity index (χ4n) is 2.50. The van der Waals surface area contributed by atoms with Gasteiger partial charge in [-0.2, -0.15) is 0 Å². The predicted molar refractivity (Wildman–Crippen MR) is 88.3 cm³/mol. The highest BCUT2D eigenvalue weighted by atomic mass is 19.1. The molecule has 2 amide bonds. The molecule has 25 heavy (non-hydrogen) atoms. The number of nitrogens with one attached hydrogen (secondary N) is 2. The van der Waals surface area contributed by atoms with E-state index in [4.69, 9.17) is 4.74 Å². The van der Waals surface area contributed by atoms with E-state index in [9.17, 15) is 18.4 Å². The van der Waals surface area contributed by atoms with Gasteiger partial charge in [0.05, 0.1) is 18.5 Å². The Morgan fingerprint density at radius 1 is 1.00 bits per heavy atom. The van der Waals surface area contributed by atoms with Crippen molar-refractivity contribution in [3.8, 4) is 5.75 Å². The molecule has 5 nitrogen and oxygen atoms in total. The standard InChI is InChI=1S/C18H16F2N2O3/c1-25-15-5-3-2-4-14(15)22-17(24)18(8-9-18)16(23)21-13-7-6-11(19)10-12(13)20/h2-7,10H,8-9H2,1H3,(H,21,23)(H,22,24). The van der Waals surface area contributed by atoms with Crippen molar-refractivity contribution in [2.75, 3.05) is 17.7 Å². The van der Waals surface area contributed by atoms with E-state index >= 15 is 0 Å². The van der Waals surface area contributed by atoms with E-state index in [1.54, 1.807) is 24.3 Å². The van der Waals surface area contributed by atoms with Gasteiger partial charge in [0.25, 0.3) is 0 Å². The molecule has 0 spiro atoms. The maximum Gasteiger partial charge on any atom is 0.240 e. The third-order valence-electron chi connectivity index (χ3n) is 4.15. The molecular weight excluding hydrogens is 330 g/mol. The lowest BCUT2D eigenvalue weighted by Gasteiger charge is -2.17. The van der Waals surface area contributed by atoms with Crippen molar-refractivity contribution >= 4 is 23.2 Å². The molecule has 1 aliphatic carbocycles. The van der Waals surface area contributed by atoms with Gasteiger partial charge in [0.2, 0.25) is 11.8 Å². The minimum Gasteiger partial charge on any atom is -0.495 e. The molecule has 3 rings (SSSR count). The summed E-state index contributed by atoms with van der Waals surface area (Å²) in [5, 5.41) is 5.04. The summed E-state index contributed by atoms with van der Waals surface area (Å²) in [4.78, 5) is 25.0. The van der Waals surface area contributed by atoms with E-state index in [0.717, 1.165) is 12.1 Å². The number of ether oxygens (including phenoxy) is 1. The number of amides is 2. The summed E-state index contributed by atoms with van der Waals surface area (Å²) in [7, 11) is 1.47. The van der Waals surface area contributed by atoms with E-state index in [1.807, 2.05) is 0 Å². The monoisotopic (exact) mass is 346 g/mol. The molecular formula is C18H16F2N2O3. The van der Waals surface area contributed by atoms with Gasteiger partial charge in [0.15, 0.2) is 0 Å². The topological polar surface area (TPSA) is 67.4 Å². The Kier molecular flexibility index (Phi) is 4.39. The van der Waals surface area contributed by atoms with Crippen molar-refractivity contribution in [1.29, 1.82) is 0 Å². The van der Waals surface area contributed by atoms with E-state index in [0.29, 0.717) is 30.3 Å². The molecule has 7 heteroatoms. The molecule has 1 saturated carbocycles. The van der Waals surface area contributed by atoms with Crippen LogP contribution in [-0.2, 0) is 9.59 Å².